The molecular formula is C26H18N2O4S. The maximum Gasteiger partial charge on any atom is 0.297 e. The molecule has 6 nitrogen and oxygen atoms in total. The van der Waals surface area contributed by atoms with Crippen molar-refractivity contribution < 1.29 is 14.3 Å². The Bertz CT molecular complexity index is 1640. The summed E-state index contributed by atoms with van der Waals surface area (Å²) in [6.07, 6.45) is 0.897. The predicted molar refractivity (Wildman–Crippen MR) is 128 cm³/mol. The minimum Gasteiger partial charge on any atom is -0.508 e. The van der Waals surface area contributed by atoms with Crippen molar-refractivity contribution in [2.45, 2.75) is 19.4 Å². The monoisotopic (exact) mass is 454 g/mol. The molecular weight excluding hydrogens is 436 g/mol. The zero-order valence-electron chi connectivity index (χ0n) is 17.6. The van der Waals surface area contributed by atoms with Crippen LogP contribution in [0.3, 0.4) is 0 Å². The number of anilines is 1. The molecule has 2 aromatic heterocycles. The van der Waals surface area contributed by atoms with Crippen LogP contribution >= 0.6 is 11.3 Å². The summed E-state index contributed by atoms with van der Waals surface area (Å²) in [4.78, 5) is 33.4. The number of aromatic nitrogens is 1. The standard InChI is InChI=1S/C26H18N2O4S/c1-2-14-10-11-18-20(12-14)33-26(27-18)28-22(15-6-5-7-16(29)13-15)21-23(30)17-8-3-4-9-19(17)32-24(21)25(28)31/h3-13,22,29H,2H2,1H3. The molecule has 1 N–H and O–H groups in total. The Morgan fingerprint density at radius 2 is 1.91 bits per heavy atom. The average molecular weight is 455 g/mol. The molecule has 162 valence electrons. The molecule has 1 aliphatic heterocycles. The van der Waals surface area contributed by atoms with E-state index >= 15 is 0 Å². The number of rotatable bonds is 3. The molecule has 1 aliphatic rings. The van der Waals surface area contributed by atoms with E-state index in [4.69, 9.17) is 9.40 Å². The van der Waals surface area contributed by atoms with Crippen LogP contribution < -0.4 is 10.3 Å². The molecule has 0 saturated carbocycles. The van der Waals surface area contributed by atoms with Crippen LogP contribution in [-0.2, 0) is 6.42 Å². The summed E-state index contributed by atoms with van der Waals surface area (Å²) in [6.45, 7) is 2.09. The summed E-state index contributed by atoms with van der Waals surface area (Å²) in [5.74, 6) is -0.355. The van der Waals surface area contributed by atoms with Crippen LogP contribution in [0.4, 0.5) is 5.13 Å². The number of phenols is 1. The van der Waals surface area contributed by atoms with Gasteiger partial charge in [0.2, 0.25) is 5.76 Å². The number of phenolic OH excluding ortho intramolecular Hbond substituents is 1. The zero-order valence-corrected chi connectivity index (χ0v) is 18.4. The number of hydrogen-bond donors (Lipinski definition) is 1. The Balaban J connectivity index is 1.63. The molecule has 3 aromatic carbocycles. The van der Waals surface area contributed by atoms with Crippen LogP contribution in [0.5, 0.6) is 5.75 Å². The highest BCUT2D eigenvalue weighted by Gasteiger charge is 2.45. The number of para-hydroxylation sites is 1. The van der Waals surface area contributed by atoms with Crippen LogP contribution in [0, 0.1) is 0 Å². The lowest BCUT2D eigenvalue weighted by molar-refractivity contribution is 0.0971. The lowest BCUT2D eigenvalue weighted by Crippen LogP contribution is -2.29. The quantitative estimate of drug-likeness (QED) is 0.394. The van der Waals surface area contributed by atoms with Crippen LogP contribution in [0.1, 0.15) is 40.2 Å². The highest BCUT2D eigenvalue weighted by atomic mass is 32.1. The van der Waals surface area contributed by atoms with Crippen molar-refractivity contribution in [2.24, 2.45) is 0 Å². The molecule has 0 fully saturated rings. The SMILES string of the molecule is CCc1ccc2nc(N3C(=O)c4oc5ccccc5c(=O)c4C3c3cccc(O)c3)sc2c1. The number of aryl methyl sites for hydroxylation is 1. The highest BCUT2D eigenvalue weighted by molar-refractivity contribution is 7.22. The van der Waals surface area contributed by atoms with Crippen molar-refractivity contribution in [3.05, 3.63) is 99.4 Å². The molecule has 1 unspecified atom stereocenters. The normalized spacial score (nSPS) is 15.5. The molecule has 0 radical (unpaired) electrons. The van der Waals surface area contributed by atoms with E-state index in [1.54, 1.807) is 48.5 Å². The summed E-state index contributed by atoms with van der Waals surface area (Å²) in [6, 6.07) is 18.8. The van der Waals surface area contributed by atoms with Crippen molar-refractivity contribution in [3.63, 3.8) is 0 Å². The minimum atomic E-state index is -0.758. The van der Waals surface area contributed by atoms with Gasteiger partial charge in [0.05, 0.1) is 27.2 Å². The van der Waals surface area contributed by atoms with E-state index in [1.807, 2.05) is 12.1 Å². The Labute approximate surface area is 192 Å². The number of benzene rings is 3. The Kier molecular flexibility index (Phi) is 4.35. The topological polar surface area (TPSA) is 83.6 Å². The Morgan fingerprint density at radius 1 is 1.06 bits per heavy atom. The smallest absolute Gasteiger partial charge is 0.297 e. The van der Waals surface area contributed by atoms with Crippen molar-refractivity contribution in [3.8, 4) is 5.75 Å². The van der Waals surface area contributed by atoms with E-state index in [0.29, 0.717) is 21.7 Å². The second-order valence-electron chi connectivity index (χ2n) is 7.99. The van der Waals surface area contributed by atoms with Crippen molar-refractivity contribution in [1.82, 2.24) is 4.98 Å². The minimum absolute atomic E-state index is 0.0144. The lowest BCUT2D eigenvalue weighted by atomic mass is 9.98. The fraction of sp³-hybridized carbons (Fsp3) is 0.115. The van der Waals surface area contributed by atoms with Gasteiger partial charge in [-0.3, -0.25) is 14.5 Å². The highest BCUT2D eigenvalue weighted by Crippen LogP contribution is 2.44. The molecule has 0 bridgehead atoms. The van der Waals surface area contributed by atoms with Gasteiger partial charge >= 0.3 is 0 Å². The number of thiazole rings is 1. The first-order chi connectivity index (χ1) is 16.0. The van der Waals surface area contributed by atoms with Gasteiger partial charge < -0.3 is 9.52 Å². The molecule has 6 rings (SSSR count). The third kappa shape index (κ3) is 2.97. The fourth-order valence-electron chi connectivity index (χ4n) is 4.41. The Morgan fingerprint density at radius 3 is 2.73 bits per heavy atom. The van der Waals surface area contributed by atoms with Crippen molar-refractivity contribution in [2.75, 3.05) is 4.90 Å². The van der Waals surface area contributed by atoms with Crippen molar-refractivity contribution in [1.29, 1.82) is 0 Å². The van der Waals surface area contributed by atoms with E-state index in [9.17, 15) is 14.7 Å². The summed E-state index contributed by atoms with van der Waals surface area (Å²) in [7, 11) is 0. The molecule has 0 aliphatic carbocycles. The molecule has 1 amide bonds. The number of aromatic hydroxyl groups is 1. The number of carbonyl (C=O) groups is 1. The maximum absolute atomic E-state index is 13.7. The Hall–Kier alpha value is -3.97. The van der Waals surface area contributed by atoms with E-state index in [-0.39, 0.29) is 22.5 Å². The van der Waals surface area contributed by atoms with Crippen molar-refractivity contribution >= 4 is 43.6 Å². The zero-order chi connectivity index (χ0) is 22.7. The van der Waals surface area contributed by atoms with E-state index in [0.717, 1.165) is 16.6 Å². The number of fused-ring (bicyclic) bond motifs is 3. The van der Waals surface area contributed by atoms with Crippen LogP contribution in [0.2, 0.25) is 0 Å². The molecule has 7 heteroatoms. The van der Waals surface area contributed by atoms with E-state index in [2.05, 4.69) is 13.0 Å². The summed E-state index contributed by atoms with van der Waals surface area (Å²) < 4.78 is 6.93. The van der Waals surface area contributed by atoms with Gasteiger partial charge in [-0.2, -0.15) is 0 Å². The first-order valence-corrected chi connectivity index (χ1v) is 11.4. The maximum atomic E-state index is 13.7. The number of carbonyl (C=O) groups excluding carboxylic acids is 1. The van der Waals surface area contributed by atoms with Crippen LogP contribution in [-0.4, -0.2) is 16.0 Å². The fourth-order valence-corrected chi connectivity index (χ4v) is 5.46. The van der Waals surface area contributed by atoms with Gasteiger partial charge in [-0.05, 0) is 53.9 Å². The largest absolute Gasteiger partial charge is 0.508 e. The van der Waals surface area contributed by atoms with Gasteiger partial charge in [0.25, 0.3) is 5.91 Å². The first kappa shape index (κ1) is 19.7. The second kappa shape index (κ2) is 7.28. The molecule has 1 atom stereocenters. The van der Waals surface area contributed by atoms with Gasteiger partial charge in [-0.25, -0.2) is 4.98 Å². The summed E-state index contributed by atoms with van der Waals surface area (Å²) in [5, 5.41) is 11.0. The predicted octanol–water partition coefficient (Wildman–Crippen LogP) is 5.42. The third-order valence-electron chi connectivity index (χ3n) is 6.02. The number of hydrogen-bond acceptors (Lipinski definition) is 6. The average Bonchev–Trinajstić information content (AvgIpc) is 3.37. The molecule has 5 aromatic rings. The first-order valence-electron chi connectivity index (χ1n) is 10.6. The summed E-state index contributed by atoms with van der Waals surface area (Å²) >= 11 is 1.40. The van der Waals surface area contributed by atoms with Gasteiger partial charge in [-0.1, -0.05) is 48.6 Å². The third-order valence-corrected chi connectivity index (χ3v) is 7.04. The van der Waals surface area contributed by atoms with Gasteiger partial charge in [0.1, 0.15) is 11.3 Å². The molecule has 33 heavy (non-hydrogen) atoms. The van der Waals surface area contributed by atoms with Gasteiger partial charge in [-0.15, -0.1) is 0 Å². The van der Waals surface area contributed by atoms with Crippen LogP contribution in [0.25, 0.3) is 21.2 Å². The van der Waals surface area contributed by atoms with E-state index in [1.165, 1.54) is 21.8 Å². The van der Waals surface area contributed by atoms with Gasteiger partial charge in [0.15, 0.2) is 10.6 Å². The molecule has 0 spiro atoms. The summed E-state index contributed by atoms with van der Waals surface area (Å²) in [5.41, 5.74) is 2.95. The van der Waals surface area contributed by atoms with Crippen LogP contribution in [0.15, 0.2) is 75.9 Å². The molecule has 3 heterocycles. The lowest BCUT2D eigenvalue weighted by Gasteiger charge is -2.22. The number of amides is 1. The van der Waals surface area contributed by atoms with E-state index < -0.39 is 11.9 Å². The second-order valence-corrected chi connectivity index (χ2v) is 9.00. The number of nitrogens with zero attached hydrogens (tertiary/aromatic N) is 2. The molecule has 0 saturated heterocycles. The van der Waals surface area contributed by atoms with Gasteiger partial charge in [0, 0.05) is 0 Å².